The van der Waals surface area contributed by atoms with Crippen LogP contribution in [0.15, 0.2) is 30.3 Å². The maximum Gasteiger partial charge on any atom is 0.306 e. The molecular formula is C16H22O6. The number of hydrogen-bond acceptors (Lipinski definition) is 6. The fourth-order valence-electron chi connectivity index (χ4n) is 1.55. The fraction of sp³-hybridized carbons (Fsp3) is 0.500. The van der Waals surface area contributed by atoms with E-state index in [4.69, 9.17) is 18.9 Å². The first-order valence-corrected chi connectivity index (χ1v) is 7.14. The van der Waals surface area contributed by atoms with E-state index in [9.17, 15) is 9.59 Å². The van der Waals surface area contributed by atoms with Gasteiger partial charge in [-0.25, -0.2) is 0 Å². The van der Waals surface area contributed by atoms with Gasteiger partial charge in [0.2, 0.25) is 0 Å². The predicted molar refractivity (Wildman–Crippen MR) is 79.1 cm³/mol. The molecule has 0 saturated heterocycles. The third-order valence-corrected chi connectivity index (χ3v) is 2.70. The number of carbonyl (C=O) groups excluding carboxylic acids is 2. The molecule has 1 rings (SSSR count). The van der Waals surface area contributed by atoms with Gasteiger partial charge in [-0.1, -0.05) is 30.3 Å². The van der Waals surface area contributed by atoms with Crippen LogP contribution < -0.4 is 0 Å². The average molecular weight is 310 g/mol. The second-order valence-corrected chi connectivity index (χ2v) is 4.47. The molecule has 6 nitrogen and oxygen atoms in total. The number of ether oxygens (including phenoxy) is 4. The SMILES string of the molecule is COCCOCCOC(=O)CCC(=O)OCc1ccccc1. The molecule has 122 valence electrons. The molecule has 0 unspecified atom stereocenters. The van der Waals surface area contributed by atoms with Crippen LogP contribution in [0.2, 0.25) is 0 Å². The molecule has 6 heteroatoms. The number of carbonyl (C=O) groups is 2. The highest BCUT2D eigenvalue weighted by Gasteiger charge is 2.09. The third-order valence-electron chi connectivity index (χ3n) is 2.70. The van der Waals surface area contributed by atoms with Crippen LogP contribution in [0.5, 0.6) is 0 Å². The Labute approximate surface area is 130 Å². The molecular weight excluding hydrogens is 288 g/mol. The van der Waals surface area contributed by atoms with Gasteiger partial charge in [-0.3, -0.25) is 9.59 Å². The van der Waals surface area contributed by atoms with Crippen LogP contribution in [-0.2, 0) is 35.1 Å². The minimum absolute atomic E-state index is 0.00565. The van der Waals surface area contributed by atoms with Gasteiger partial charge in [-0.05, 0) is 5.56 Å². The summed E-state index contributed by atoms with van der Waals surface area (Å²) < 4.78 is 19.9. The molecule has 0 saturated carbocycles. The molecule has 1 aromatic carbocycles. The maximum atomic E-state index is 11.5. The number of esters is 2. The Morgan fingerprint density at radius 2 is 1.50 bits per heavy atom. The topological polar surface area (TPSA) is 71.1 Å². The van der Waals surface area contributed by atoms with E-state index in [0.717, 1.165) is 5.56 Å². The standard InChI is InChI=1S/C16H22O6/c1-19-9-10-20-11-12-21-15(17)7-8-16(18)22-13-14-5-3-2-4-6-14/h2-6H,7-13H2,1H3. The molecule has 0 atom stereocenters. The Balaban J connectivity index is 2.02. The lowest BCUT2D eigenvalue weighted by atomic mass is 10.2. The molecule has 0 fully saturated rings. The van der Waals surface area contributed by atoms with Gasteiger partial charge < -0.3 is 18.9 Å². The summed E-state index contributed by atoms with van der Waals surface area (Å²) >= 11 is 0. The molecule has 22 heavy (non-hydrogen) atoms. The van der Waals surface area contributed by atoms with Crippen LogP contribution >= 0.6 is 0 Å². The van der Waals surface area contributed by atoms with Crippen LogP contribution in [0.1, 0.15) is 18.4 Å². The van der Waals surface area contributed by atoms with E-state index in [1.54, 1.807) is 7.11 Å². The lowest BCUT2D eigenvalue weighted by Gasteiger charge is -2.06. The molecule has 0 radical (unpaired) electrons. The molecule has 1 aromatic rings. The number of benzene rings is 1. The minimum atomic E-state index is -0.438. The third kappa shape index (κ3) is 9.10. The van der Waals surface area contributed by atoms with Gasteiger partial charge in [-0.15, -0.1) is 0 Å². The zero-order chi connectivity index (χ0) is 16.0. The second kappa shape index (κ2) is 11.7. The van der Waals surface area contributed by atoms with E-state index in [0.29, 0.717) is 19.8 Å². The first kappa shape index (κ1) is 18.1. The summed E-state index contributed by atoms with van der Waals surface area (Å²) in [5.74, 6) is -0.857. The first-order chi connectivity index (χ1) is 10.7. The quantitative estimate of drug-likeness (QED) is 0.458. The molecule has 0 spiro atoms. The van der Waals surface area contributed by atoms with Gasteiger partial charge in [0.1, 0.15) is 13.2 Å². The van der Waals surface area contributed by atoms with Crippen LogP contribution in [0.25, 0.3) is 0 Å². The Hall–Kier alpha value is -1.92. The van der Waals surface area contributed by atoms with Crippen molar-refractivity contribution in [3.05, 3.63) is 35.9 Å². The van der Waals surface area contributed by atoms with Crippen molar-refractivity contribution in [2.45, 2.75) is 19.4 Å². The van der Waals surface area contributed by atoms with Gasteiger partial charge in [-0.2, -0.15) is 0 Å². The van der Waals surface area contributed by atoms with Crippen molar-refractivity contribution in [2.24, 2.45) is 0 Å². The Kier molecular flexibility index (Phi) is 9.65. The monoisotopic (exact) mass is 310 g/mol. The summed E-state index contributed by atoms with van der Waals surface area (Å²) in [6, 6.07) is 9.36. The molecule has 0 aliphatic heterocycles. The van der Waals surface area contributed by atoms with Crippen molar-refractivity contribution in [1.82, 2.24) is 0 Å². The van der Waals surface area contributed by atoms with Crippen molar-refractivity contribution >= 4 is 11.9 Å². The van der Waals surface area contributed by atoms with Crippen LogP contribution in [-0.4, -0.2) is 45.5 Å². The minimum Gasteiger partial charge on any atom is -0.463 e. The largest absolute Gasteiger partial charge is 0.463 e. The predicted octanol–water partition coefficient (Wildman–Crippen LogP) is 1.72. The van der Waals surface area contributed by atoms with Crippen molar-refractivity contribution in [1.29, 1.82) is 0 Å². The van der Waals surface area contributed by atoms with Gasteiger partial charge in [0.15, 0.2) is 0 Å². The summed E-state index contributed by atoms with van der Waals surface area (Å²) in [5.41, 5.74) is 0.909. The summed E-state index contributed by atoms with van der Waals surface area (Å²) in [4.78, 5) is 22.9. The molecule has 0 aromatic heterocycles. The molecule has 0 heterocycles. The van der Waals surface area contributed by atoms with E-state index in [2.05, 4.69) is 0 Å². The Morgan fingerprint density at radius 1 is 0.864 bits per heavy atom. The summed E-state index contributed by atoms with van der Waals surface area (Å²) in [6.07, 6.45) is 0.0158. The lowest BCUT2D eigenvalue weighted by Crippen LogP contribution is -2.14. The van der Waals surface area contributed by atoms with E-state index < -0.39 is 11.9 Å². The van der Waals surface area contributed by atoms with E-state index >= 15 is 0 Å². The van der Waals surface area contributed by atoms with Crippen molar-refractivity contribution in [2.75, 3.05) is 33.5 Å². The molecule has 0 aliphatic rings. The zero-order valence-electron chi connectivity index (χ0n) is 12.8. The Morgan fingerprint density at radius 3 is 2.18 bits per heavy atom. The number of hydrogen-bond donors (Lipinski definition) is 0. The van der Waals surface area contributed by atoms with Crippen LogP contribution in [0.4, 0.5) is 0 Å². The Bertz CT molecular complexity index is 432. The average Bonchev–Trinajstić information content (AvgIpc) is 2.55. The molecule has 0 aliphatic carbocycles. The smallest absolute Gasteiger partial charge is 0.306 e. The second-order valence-electron chi connectivity index (χ2n) is 4.47. The molecule has 0 N–H and O–H groups in total. The van der Waals surface area contributed by atoms with Gasteiger partial charge >= 0.3 is 11.9 Å². The fourth-order valence-corrected chi connectivity index (χ4v) is 1.55. The van der Waals surface area contributed by atoms with Gasteiger partial charge in [0.05, 0.1) is 32.7 Å². The number of methoxy groups -OCH3 is 1. The highest BCUT2D eigenvalue weighted by molar-refractivity contribution is 5.77. The summed E-state index contributed by atoms with van der Waals surface area (Å²) in [7, 11) is 1.58. The lowest BCUT2D eigenvalue weighted by molar-refractivity contribution is -0.151. The molecule has 0 bridgehead atoms. The maximum absolute atomic E-state index is 11.5. The van der Waals surface area contributed by atoms with E-state index in [1.807, 2.05) is 30.3 Å². The highest BCUT2D eigenvalue weighted by Crippen LogP contribution is 2.03. The van der Waals surface area contributed by atoms with Gasteiger partial charge in [0.25, 0.3) is 0 Å². The van der Waals surface area contributed by atoms with E-state index in [-0.39, 0.29) is 26.1 Å². The van der Waals surface area contributed by atoms with E-state index in [1.165, 1.54) is 0 Å². The summed E-state index contributed by atoms with van der Waals surface area (Å²) in [5, 5.41) is 0. The van der Waals surface area contributed by atoms with Crippen molar-refractivity contribution in [3.8, 4) is 0 Å². The summed E-state index contributed by atoms with van der Waals surface area (Å²) in [6.45, 7) is 1.65. The van der Waals surface area contributed by atoms with Crippen molar-refractivity contribution < 1.29 is 28.5 Å². The zero-order valence-corrected chi connectivity index (χ0v) is 12.8. The molecule has 0 amide bonds. The van der Waals surface area contributed by atoms with Crippen LogP contribution in [0, 0.1) is 0 Å². The highest BCUT2D eigenvalue weighted by atomic mass is 16.6. The van der Waals surface area contributed by atoms with Gasteiger partial charge in [0, 0.05) is 7.11 Å². The van der Waals surface area contributed by atoms with Crippen LogP contribution in [0.3, 0.4) is 0 Å². The number of rotatable bonds is 11. The normalized spacial score (nSPS) is 10.2. The van der Waals surface area contributed by atoms with Crippen molar-refractivity contribution in [3.63, 3.8) is 0 Å². The first-order valence-electron chi connectivity index (χ1n) is 7.14.